The van der Waals surface area contributed by atoms with Crippen LogP contribution in [0.5, 0.6) is 0 Å². The number of rotatable bonds is 1. The molecule has 4 heteroatoms. The third-order valence-electron chi connectivity index (χ3n) is 3.26. The zero-order chi connectivity index (χ0) is 13.6. The van der Waals surface area contributed by atoms with E-state index in [9.17, 15) is 4.39 Å². The Balaban J connectivity index is 2.29. The van der Waals surface area contributed by atoms with Gasteiger partial charge in [0.25, 0.3) is 0 Å². The highest BCUT2D eigenvalue weighted by Gasteiger charge is 2.10. The van der Waals surface area contributed by atoms with Gasteiger partial charge in [-0.1, -0.05) is 6.07 Å². The molecule has 0 saturated carbocycles. The summed E-state index contributed by atoms with van der Waals surface area (Å²) in [6, 6.07) is 10.7. The van der Waals surface area contributed by atoms with Gasteiger partial charge in [0.15, 0.2) is 0 Å². The minimum atomic E-state index is -0.214. The molecule has 0 spiro atoms. The van der Waals surface area contributed by atoms with E-state index in [0.29, 0.717) is 11.3 Å². The molecule has 2 N–H and O–H groups in total. The molecule has 96 valence electrons. The second kappa shape index (κ2) is 4.09. The van der Waals surface area contributed by atoms with Gasteiger partial charge < -0.3 is 5.73 Å². The Morgan fingerprint density at radius 3 is 2.63 bits per heavy atom. The summed E-state index contributed by atoms with van der Waals surface area (Å²) in [6.45, 7) is 3.65. The lowest BCUT2D eigenvalue weighted by molar-refractivity contribution is 0.617. The number of fused-ring (bicyclic) bond motifs is 1. The standard InChI is InChI=1S/C15H14FN3/c1-9-3-5-12(8-13(9)16)19-10(2)18-14-7-11(17)4-6-15(14)19/h3-8H,17H2,1-2H3. The number of nitrogens with zero attached hydrogens (tertiary/aromatic N) is 2. The van der Waals surface area contributed by atoms with Gasteiger partial charge in [0, 0.05) is 5.69 Å². The Kier molecular flexibility index (Phi) is 2.52. The molecule has 1 heterocycles. The fourth-order valence-corrected chi connectivity index (χ4v) is 2.26. The van der Waals surface area contributed by atoms with Gasteiger partial charge in [-0.3, -0.25) is 4.57 Å². The monoisotopic (exact) mass is 255 g/mol. The Hall–Kier alpha value is -2.36. The van der Waals surface area contributed by atoms with Crippen LogP contribution < -0.4 is 5.73 Å². The van der Waals surface area contributed by atoms with Crippen LogP contribution in [0.4, 0.5) is 10.1 Å². The Labute approximate surface area is 110 Å². The van der Waals surface area contributed by atoms with E-state index in [1.807, 2.05) is 35.8 Å². The fourth-order valence-electron chi connectivity index (χ4n) is 2.26. The van der Waals surface area contributed by atoms with E-state index in [2.05, 4.69) is 4.98 Å². The third kappa shape index (κ3) is 1.85. The first kappa shape index (κ1) is 11.7. The van der Waals surface area contributed by atoms with E-state index in [-0.39, 0.29) is 5.82 Å². The number of hydrogen-bond acceptors (Lipinski definition) is 2. The van der Waals surface area contributed by atoms with E-state index in [0.717, 1.165) is 22.5 Å². The van der Waals surface area contributed by atoms with Crippen molar-refractivity contribution in [1.82, 2.24) is 9.55 Å². The second-order valence-electron chi connectivity index (χ2n) is 4.68. The molecule has 0 radical (unpaired) electrons. The van der Waals surface area contributed by atoms with E-state index in [4.69, 9.17) is 5.73 Å². The summed E-state index contributed by atoms with van der Waals surface area (Å²) in [5.74, 6) is 0.595. The summed E-state index contributed by atoms with van der Waals surface area (Å²) in [5, 5.41) is 0. The van der Waals surface area contributed by atoms with E-state index >= 15 is 0 Å². The summed E-state index contributed by atoms with van der Waals surface area (Å²) in [5.41, 5.74) is 9.58. The molecule has 0 aliphatic carbocycles. The summed E-state index contributed by atoms with van der Waals surface area (Å²) < 4.78 is 15.6. The van der Waals surface area contributed by atoms with Gasteiger partial charge >= 0.3 is 0 Å². The molecule has 3 nitrogen and oxygen atoms in total. The minimum Gasteiger partial charge on any atom is -0.399 e. The van der Waals surface area contributed by atoms with Crippen molar-refractivity contribution in [3.63, 3.8) is 0 Å². The van der Waals surface area contributed by atoms with Crippen molar-refractivity contribution in [3.8, 4) is 5.69 Å². The van der Waals surface area contributed by atoms with E-state index in [1.54, 1.807) is 13.0 Å². The Bertz CT molecular complexity index is 774. The van der Waals surface area contributed by atoms with Gasteiger partial charge in [-0.25, -0.2) is 9.37 Å². The molecular formula is C15H14FN3. The average Bonchev–Trinajstić information content (AvgIpc) is 2.68. The van der Waals surface area contributed by atoms with Crippen LogP contribution in [0.3, 0.4) is 0 Å². The van der Waals surface area contributed by atoms with Crippen molar-refractivity contribution in [1.29, 1.82) is 0 Å². The largest absolute Gasteiger partial charge is 0.399 e. The SMILES string of the molecule is Cc1ccc(-n2c(C)nc3cc(N)ccc32)cc1F. The average molecular weight is 255 g/mol. The van der Waals surface area contributed by atoms with Gasteiger partial charge in [0.2, 0.25) is 0 Å². The molecule has 0 amide bonds. The maximum atomic E-state index is 13.7. The van der Waals surface area contributed by atoms with Gasteiger partial charge in [-0.2, -0.15) is 0 Å². The molecule has 19 heavy (non-hydrogen) atoms. The maximum absolute atomic E-state index is 13.7. The van der Waals surface area contributed by atoms with Gasteiger partial charge in [-0.15, -0.1) is 0 Å². The third-order valence-corrected chi connectivity index (χ3v) is 3.26. The second-order valence-corrected chi connectivity index (χ2v) is 4.68. The zero-order valence-corrected chi connectivity index (χ0v) is 10.8. The number of hydrogen-bond donors (Lipinski definition) is 1. The lowest BCUT2D eigenvalue weighted by atomic mass is 10.2. The van der Waals surface area contributed by atoms with Crippen LogP contribution in [-0.4, -0.2) is 9.55 Å². The molecular weight excluding hydrogens is 241 g/mol. The van der Waals surface area contributed by atoms with Crippen LogP contribution in [0, 0.1) is 19.7 Å². The molecule has 0 unspecified atom stereocenters. The highest BCUT2D eigenvalue weighted by atomic mass is 19.1. The fraction of sp³-hybridized carbons (Fsp3) is 0.133. The molecule has 0 bridgehead atoms. The number of aromatic nitrogens is 2. The van der Waals surface area contributed by atoms with Crippen LogP contribution in [0.2, 0.25) is 0 Å². The quantitative estimate of drug-likeness (QED) is 0.677. The van der Waals surface area contributed by atoms with Crippen molar-refractivity contribution in [2.24, 2.45) is 0 Å². The van der Waals surface area contributed by atoms with Gasteiger partial charge in [0.1, 0.15) is 11.6 Å². The lowest BCUT2D eigenvalue weighted by Gasteiger charge is -2.08. The normalized spacial score (nSPS) is 11.1. The summed E-state index contributed by atoms with van der Waals surface area (Å²) in [4.78, 5) is 4.46. The Morgan fingerprint density at radius 1 is 1.11 bits per heavy atom. The highest BCUT2D eigenvalue weighted by molar-refractivity contribution is 5.81. The topological polar surface area (TPSA) is 43.8 Å². The molecule has 0 aliphatic rings. The van der Waals surface area contributed by atoms with Crippen molar-refractivity contribution < 1.29 is 4.39 Å². The number of nitrogen functional groups attached to an aromatic ring is 1. The number of aryl methyl sites for hydroxylation is 2. The molecule has 1 aromatic heterocycles. The zero-order valence-electron chi connectivity index (χ0n) is 10.8. The van der Waals surface area contributed by atoms with Crippen LogP contribution in [0.1, 0.15) is 11.4 Å². The lowest BCUT2D eigenvalue weighted by Crippen LogP contribution is -1.98. The molecule has 0 saturated heterocycles. The maximum Gasteiger partial charge on any atom is 0.128 e. The first-order valence-corrected chi connectivity index (χ1v) is 6.07. The molecule has 0 fully saturated rings. The molecule has 0 aliphatic heterocycles. The highest BCUT2D eigenvalue weighted by Crippen LogP contribution is 2.24. The van der Waals surface area contributed by atoms with Crippen molar-refractivity contribution in [2.45, 2.75) is 13.8 Å². The summed E-state index contributed by atoms with van der Waals surface area (Å²) in [6.07, 6.45) is 0. The number of halogens is 1. The van der Waals surface area contributed by atoms with Crippen LogP contribution >= 0.6 is 0 Å². The molecule has 0 atom stereocenters. The number of nitrogens with two attached hydrogens (primary N) is 1. The Morgan fingerprint density at radius 2 is 1.89 bits per heavy atom. The summed E-state index contributed by atoms with van der Waals surface area (Å²) >= 11 is 0. The predicted octanol–water partition coefficient (Wildman–Crippen LogP) is 3.36. The van der Waals surface area contributed by atoms with Crippen LogP contribution in [-0.2, 0) is 0 Å². The van der Waals surface area contributed by atoms with Crippen molar-refractivity contribution >= 4 is 16.7 Å². The predicted molar refractivity (Wildman–Crippen MR) is 74.9 cm³/mol. The van der Waals surface area contributed by atoms with Gasteiger partial charge in [0.05, 0.1) is 16.7 Å². The van der Waals surface area contributed by atoms with Crippen LogP contribution in [0.15, 0.2) is 36.4 Å². The number of benzene rings is 2. The first-order chi connectivity index (χ1) is 9.06. The smallest absolute Gasteiger partial charge is 0.128 e. The number of imidazole rings is 1. The minimum absolute atomic E-state index is 0.214. The summed E-state index contributed by atoms with van der Waals surface area (Å²) in [7, 11) is 0. The van der Waals surface area contributed by atoms with Crippen LogP contribution in [0.25, 0.3) is 16.7 Å². The number of anilines is 1. The molecule has 2 aromatic carbocycles. The molecule has 3 rings (SSSR count). The first-order valence-electron chi connectivity index (χ1n) is 6.07. The van der Waals surface area contributed by atoms with E-state index in [1.165, 1.54) is 6.07 Å². The van der Waals surface area contributed by atoms with Crippen molar-refractivity contribution in [3.05, 3.63) is 53.6 Å². The van der Waals surface area contributed by atoms with Gasteiger partial charge in [-0.05, 0) is 49.7 Å². The van der Waals surface area contributed by atoms with E-state index < -0.39 is 0 Å². The molecule has 3 aromatic rings. The van der Waals surface area contributed by atoms with Crippen molar-refractivity contribution in [2.75, 3.05) is 5.73 Å².